The fraction of sp³-hybridized carbons (Fsp3) is 0.200. The summed E-state index contributed by atoms with van der Waals surface area (Å²) in [7, 11) is 1.44. The highest BCUT2D eigenvalue weighted by atomic mass is 16.5. The third-order valence-corrected chi connectivity index (χ3v) is 2.89. The van der Waals surface area contributed by atoms with Crippen LogP contribution in [0, 0.1) is 0 Å². The summed E-state index contributed by atoms with van der Waals surface area (Å²) in [6.45, 7) is 1.60. The number of carbonyl (C=O) groups is 2. The second kappa shape index (κ2) is 6.06. The topological polar surface area (TPSA) is 67.4 Å². The minimum Gasteiger partial charge on any atom is -0.480 e. The van der Waals surface area contributed by atoms with E-state index in [1.54, 1.807) is 13.0 Å². The van der Waals surface area contributed by atoms with Crippen molar-refractivity contribution in [3.63, 3.8) is 0 Å². The minimum atomic E-state index is -0.766. The quantitative estimate of drug-likeness (QED) is 0.898. The standard InChI is InChI=1S/C15H16N2O3/c1-10(14(18)17-15(19)16-2)20-13-9-5-7-11-6-3-4-8-12(11)13/h3-10H,1-2H3,(H2,16,17,18,19)/t10-/m0/s1. The van der Waals surface area contributed by atoms with E-state index in [4.69, 9.17) is 4.74 Å². The summed E-state index contributed by atoms with van der Waals surface area (Å²) in [5.74, 6) is 0.125. The van der Waals surface area contributed by atoms with Crippen LogP contribution >= 0.6 is 0 Å². The average molecular weight is 272 g/mol. The summed E-state index contributed by atoms with van der Waals surface area (Å²) in [4.78, 5) is 22.8. The molecule has 20 heavy (non-hydrogen) atoms. The first kappa shape index (κ1) is 13.9. The lowest BCUT2D eigenvalue weighted by molar-refractivity contribution is -0.126. The van der Waals surface area contributed by atoms with Crippen molar-refractivity contribution in [1.82, 2.24) is 10.6 Å². The lowest BCUT2D eigenvalue weighted by Crippen LogP contribution is -2.43. The number of ether oxygens (including phenoxy) is 1. The smallest absolute Gasteiger partial charge is 0.321 e. The minimum absolute atomic E-state index is 0.489. The molecule has 2 N–H and O–H groups in total. The van der Waals surface area contributed by atoms with Crippen LogP contribution in [-0.2, 0) is 4.79 Å². The van der Waals surface area contributed by atoms with Crippen molar-refractivity contribution in [3.05, 3.63) is 42.5 Å². The highest BCUT2D eigenvalue weighted by molar-refractivity contribution is 5.96. The largest absolute Gasteiger partial charge is 0.480 e. The predicted octanol–water partition coefficient (Wildman–Crippen LogP) is 2.06. The van der Waals surface area contributed by atoms with Gasteiger partial charge >= 0.3 is 6.03 Å². The maximum absolute atomic E-state index is 11.8. The zero-order valence-electron chi connectivity index (χ0n) is 11.3. The summed E-state index contributed by atoms with van der Waals surface area (Å²) in [5, 5.41) is 6.46. The molecule has 0 spiro atoms. The maximum Gasteiger partial charge on any atom is 0.321 e. The molecule has 5 nitrogen and oxygen atoms in total. The summed E-state index contributed by atoms with van der Waals surface area (Å²) in [6.07, 6.45) is -0.766. The lowest BCUT2D eigenvalue weighted by atomic mass is 10.1. The van der Waals surface area contributed by atoms with Gasteiger partial charge in [0.05, 0.1) is 0 Å². The van der Waals surface area contributed by atoms with Gasteiger partial charge in [0, 0.05) is 12.4 Å². The molecule has 5 heteroatoms. The van der Waals surface area contributed by atoms with Gasteiger partial charge in [0.1, 0.15) is 5.75 Å². The van der Waals surface area contributed by atoms with Crippen LogP contribution in [0.25, 0.3) is 10.8 Å². The fourth-order valence-corrected chi connectivity index (χ4v) is 1.82. The Labute approximate surface area is 116 Å². The van der Waals surface area contributed by atoms with Crippen LogP contribution in [-0.4, -0.2) is 25.1 Å². The van der Waals surface area contributed by atoms with Crippen molar-refractivity contribution in [2.75, 3.05) is 7.05 Å². The number of benzene rings is 2. The van der Waals surface area contributed by atoms with E-state index in [0.717, 1.165) is 10.8 Å². The fourth-order valence-electron chi connectivity index (χ4n) is 1.82. The molecule has 2 aromatic rings. The molecule has 0 aliphatic heterocycles. The number of amides is 3. The van der Waals surface area contributed by atoms with Gasteiger partial charge in [-0.1, -0.05) is 36.4 Å². The number of fused-ring (bicyclic) bond motifs is 1. The van der Waals surface area contributed by atoms with Gasteiger partial charge in [0.25, 0.3) is 5.91 Å². The third kappa shape index (κ3) is 3.06. The molecule has 0 heterocycles. The van der Waals surface area contributed by atoms with Crippen LogP contribution in [0.15, 0.2) is 42.5 Å². The molecule has 0 radical (unpaired) electrons. The van der Waals surface area contributed by atoms with Crippen LogP contribution < -0.4 is 15.4 Å². The number of imide groups is 1. The van der Waals surface area contributed by atoms with Crippen molar-refractivity contribution in [3.8, 4) is 5.75 Å². The van der Waals surface area contributed by atoms with Crippen LogP contribution in [0.2, 0.25) is 0 Å². The van der Waals surface area contributed by atoms with E-state index in [2.05, 4.69) is 10.6 Å². The molecule has 2 aromatic carbocycles. The summed E-state index contributed by atoms with van der Waals surface area (Å²) >= 11 is 0. The summed E-state index contributed by atoms with van der Waals surface area (Å²) in [5.41, 5.74) is 0. The zero-order chi connectivity index (χ0) is 14.5. The normalized spacial score (nSPS) is 11.7. The molecule has 0 bridgehead atoms. The second-order valence-corrected chi connectivity index (χ2v) is 4.31. The van der Waals surface area contributed by atoms with E-state index in [9.17, 15) is 9.59 Å². The van der Waals surface area contributed by atoms with E-state index < -0.39 is 18.0 Å². The molecule has 0 aliphatic carbocycles. The number of rotatable bonds is 3. The second-order valence-electron chi connectivity index (χ2n) is 4.31. The van der Waals surface area contributed by atoms with Gasteiger partial charge < -0.3 is 10.1 Å². The van der Waals surface area contributed by atoms with Gasteiger partial charge in [-0.25, -0.2) is 4.79 Å². The van der Waals surface area contributed by atoms with Crippen LogP contribution in [0.3, 0.4) is 0 Å². The Kier molecular flexibility index (Phi) is 4.20. The first-order valence-electron chi connectivity index (χ1n) is 6.29. The Morgan fingerprint density at radius 3 is 2.55 bits per heavy atom. The van der Waals surface area contributed by atoms with E-state index in [1.807, 2.05) is 36.4 Å². The third-order valence-electron chi connectivity index (χ3n) is 2.89. The monoisotopic (exact) mass is 272 g/mol. The molecule has 0 saturated carbocycles. The molecule has 2 rings (SSSR count). The molecule has 0 fully saturated rings. The summed E-state index contributed by atoms with van der Waals surface area (Å²) < 4.78 is 5.64. The van der Waals surface area contributed by atoms with Gasteiger partial charge in [-0.3, -0.25) is 10.1 Å². The van der Waals surface area contributed by atoms with E-state index >= 15 is 0 Å². The van der Waals surface area contributed by atoms with Crippen molar-refractivity contribution in [1.29, 1.82) is 0 Å². The molecule has 3 amide bonds. The van der Waals surface area contributed by atoms with E-state index in [1.165, 1.54) is 7.05 Å². The maximum atomic E-state index is 11.8. The predicted molar refractivity (Wildman–Crippen MR) is 76.6 cm³/mol. The van der Waals surface area contributed by atoms with Crippen LogP contribution in [0.5, 0.6) is 5.75 Å². The SMILES string of the molecule is CNC(=O)NC(=O)[C@H](C)Oc1cccc2ccccc12. The number of carbonyl (C=O) groups excluding carboxylic acids is 2. The molecule has 1 atom stereocenters. The van der Waals surface area contributed by atoms with Crippen molar-refractivity contribution >= 4 is 22.7 Å². The first-order chi connectivity index (χ1) is 9.61. The number of urea groups is 1. The highest BCUT2D eigenvalue weighted by Gasteiger charge is 2.17. The van der Waals surface area contributed by atoms with Crippen molar-refractivity contribution in [2.45, 2.75) is 13.0 Å². The molecule has 0 unspecified atom stereocenters. The molecular formula is C15H16N2O3. The van der Waals surface area contributed by atoms with Gasteiger partial charge in [-0.2, -0.15) is 0 Å². The van der Waals surface area contributed by atoms with Gasteiger partial charge in [-0.15, -0.1) is 0 Å². The molecule has 0 aromatic heterocycles. The Morgan fingerprint density at radius 1 is 1.10 bits per heavy atom. The van der Waals surface area contributed by atoms with E-state index in [0.29, 0.717) is 5.75 Å². The zero-order valence-corrected chi connectivity index (χ0v) is 11.3. The van der Waals surface area contributed by atoms with Crippen LogP contribution in [0.4, 0.5) is 4.79 Å². The lowest BCUT2D eigenvalue weighted by Gasteiger charge is -2.15. The van der Waals surface area contributed by atoms with E-state index in [-0.39, 0.29) is 0 Å². The van der Waals surface area contributed by atoms with Gasteiger partial charge in [0.2, 0.25) is 0 Å². The first-order valence-corrected chi connectivity index (χ1v) is 6.29. The number of hydrogen-bond donors (Lipinski definition) is 2. The number of nitrogens with one attached hydrogen (secondary N) is 2. The van der Waals surface area contributed by atoms with Crippen LogP contribution in [0.1, 0.15) is 6.92 Å². The van der Waals surface area contributed by atoms with Gasteiger partial charge in [0.15, 0.2) is 6.10 Å². The van der Waals surface area contributed by atoms with Crippen molar-refractivity contribution in [2.24, 2.45) is 0 Å². The Morgan fingerprint density at radius 2 is 1.80 bits per heavy atom. The Hall–Kier alpha value is -2.56. The van der Waals surface area contributed by atoms with Crippen molar-refractivity contribution < 1.29 is 14.3 Å². The average Bonchev–Trinajstić information content (AvgIpc) is 2.47. The Bertz CT molecular complexity index is 635. The summed E-state index contributed by atoms with van der Waals surface area (Å²) in [6, 6.07) is 12.8. The van der Waals surface area contributed by atoms with Gasteiger partial charge in [-0.05, 0) is 18.4 Å². The Balaban J connectivity index is 2.15. The highest BCUT2D eigenvalue weighted by Crippen LogP contribution is 2.25. The molecule has 0 saturated heterocycles. The molecule has 0 aliphatic rings. The molecule has 104 valence electrons. The molecular weight excluding hydrogens is 256 g/mol. The number of hydrogen-bond acceptors (Lipinski definition) is 3.